The minimum absolute atomic E-state index is 0.0113. The Bertz CT molecular complexity index is 1210. The van der Waals surface area contributed by atoms with Gasteiger partial charge in [0.1, 0.15) is 10.6 Å². The topological polar surface area (TPSA) is 93.7 Å². The Morgan fingerprint density at radius 1 is 1.00 bits per heavy atom. The number of anilines is 1. The zero-order chi connectivity index (χ0) is 23.8. The van der Waals surface area contributed by atoms with Gasteiger partial charge in [0.25, 0.3) is 15.9 Å². The number of carbonyl (C=O) groups is 1. The van der Waals surface area contributed by atoms with Crippen LogP contribution >= 0.6 is 11.6 Å². The molecule has 0 saturated heterocycles. The van der Waals surface area contributed by atoms with E-state index in [1.165, 1.54) is 18.2 Å². The summed E-state index contributed by atoms with van der Waals surface area (Å²) in [5, 5.41) is 2.81. The van der Waals surface area contributed by atoms with Crippen LogP contribution in [0.15, 0.2) is 71.6 Å². The Morgan fingerprint density at radius 2 is 1.73 bits per heavy atom. The molecule has 0 spiro atoms. The summed E-state index contributed by atoms with van der Waals surface area (Å²) in [5.41, 5.74) is 2.42. The number of sulfonamides is 1. The second-order valence-electron chi connectivity index (χ2n) is 7.14. The van der Waals surface area contributed by atoms with E-state index >= 15 is 0 Å². The Balaban J connectivity index is 1.73. The van der Waals surface area contributed by atoms with E-state index < -0.39 is 15.9 Å². The molecule has 0 bridgehead atoms. The minimum atomic E-state index is -4.02. The Morgan fingerprint density at radius 3 is 2.42 bits per heavy atom. The Labute approximate surface area is 198 Å². The maximum Gasteiger partial charge on any atom is 0.263 e. The van der Waals surface area contributed by atoms with Crippen molar-refractivity contribution >= 4 is 33.2 Å². The second-order valence-corrected chi connectivity index (χ2v) is 9.20. The van der Waals surface area contributed by atoms with Crippen LogP contribution in [0, 0.1) is 0 Å². The maximum absolute atomic E-state index is 12.9. The highest BCUT2D eigenvalue weighted by molar-refractivity contribution is 7.92. The second kappa shape index (κ2) is 11.2. The fourth-order valence-corrected chi connectivity index (χ4v) is 4.71. The summed E-state index contributed by atoms with van der Waals surface area (Å²) in [5.74, 6) is 0.214. The molecule has 0 aliphatic carbocycles. The van der Waals surface area contributed by atoms with Crippen molar-refractivity contribution in [3.63, 3.8) is 0 Å². The van der Waals surface area contributed by atoms with Crippen molar-refractivity contribution in [3.8, 4) is 5.75 Å². The molecule has 0 heterocycles. The van der Waals surface area contributed by atoms with Crippen molar-refractivity contribution < 1.29 is 22.7 Å². The van der Waals surface area contributed by atoms with Crippen LogP contribution in [0.25, 0.3) is 0 Å². The van der Waals surface area contributed by atoms with Gasteiger partial charge in [0.15, 0.2) is 0 Å². The molecule has 33 heavy (non-hydrogen) atoms. The van der Waals surface area contributed by atoms with Crippen molar-refractivity contribution in [2.24, 2.45) is 0 Å². The summed E-state index contributed by atoms with van der Waals surface area (Å²) in [6.07, 6.45) is 0. The summed E-state index contributed by atoms with van der Waals surface area (Å²) in [4.78, 5) is 12.5. The van der Waals surface area contributed by atoms with E-state index in [2.05, 4.69) is 10.0 Å². The molecule has 0 aliphatic rings. The first kappa shape index (κ1) is 24.6. The van der Waals surface area contributed by atoms with Crippen LogP contribution in [0.4, 0.5) is 5.69 Å². The van der Waals surface area contributed by atoms with Crippen LogP contribution < -0.4 is 14.8 Å². The standard InChI is InChI=1S/C24H25ClN2O5S/c1-3-32-21-10-8-20(9-11-21)27-33(29,30)23-14-19(7-12-22(23)25)24(28)26-15-17-5-4-6-18(13-17)16-31-2/h4-14,27H,3,15-16H2,1-2H3,(H,26,28). The molecule has 174 valence electrons. The smallest absolute Gasteiger partial charge is 0.263 e. The number of methoxy groups -OCH3 is 1. The molecule has 9 heteroatoms. The minimum Gasteiger partial charge on any atom is -0.494 e. The van der Waals surface area contributed by atoms with Gasteiger partial charge in [0.05, 0.1) is 18.2 Å². The van der Waals surface area contributed by atoms with Gasteiger partial charge in [0, 0.05) is 24.9 Å². The van der Waals surface area contributed by atoms with Gasteiger partial charge in [-0.15, -0.1) is 0 Å². The van der Waals surface area contributed by atoms with Gasteiger partial charge < -0.3 is 14.8 Å². The quantitative estimate of drug-likeness (QED) is 0.434. The summed E-state index contributed by atoms with van der Waals surface area (Å²) in [6, 6.07) is 18.3. The number of nitrogens with one attached hydrogen (secondary N) is 2. The van der Waals surface area contributed by atoms with E-state index in [9.17, 15) is 13.2 Å². The van der Waals surface area contributed by atoms with Gasteiger partial charge in [-0.05, 0) is 60.5 Å². The number of rotatable bonds is 10. The van der Waals surface area contributed by atoms with Crippen molar-refractivity contribution in [2.75, 3.05) is 18.4 Å². The molecular weight excluding hydrogens is 464 g/mol. The van der Waals surface area contributed by atoms with Gasteiger partial charge >= 0.3 is 0 Å². The lowest BCUT2D eigenvalue weighted by Gasteiger charge is -2.12. The van der Waals surface area contributed by atoms with Crippen molar-refractivity contribution in [2.45, 2.75) is 25.0 Å². The number of hydrogen-bond donors (Lipinski definition) is 2. The molecule has 1 amide bonds. The predicted molar refractivity (Wildman–Crippen MR) is 128 cm³/mol. The average Bonchev–Trinajstić information content (AvgIpc) is 2.79. The number of amides is 1. The molecule has 0 aliphatic heterocycles. The molecule has 0 saturated carbocycles. The zero-order valence-corrected chi connectivity index (χ0v) is 19.9. The summed E-state index contributed by atoms with van der Waals surface area (Å²) < 4.78 is 38.8. The maximum atomic E-state index is 12.9. The third-order valence-electron chi connectivity index (χ3n) is 4.66. The molecular formula is C24H25ClN2O5S. The van der Waals surface area contributed by atoms with E-state index in [0.717, 1.165) is 11.1 Å². The van der Waals surface area contributed by atoms with Crippen molar-refractivity contribution in [3.05, 3.63) is 88.4 Å². The first-order valence-electron chi connectivity index (χ1n) is 10.2. The number of benzene rings is 3. The predicted octanol–water partition coefficient (Wildman–Crippen LogP) is 4.62. The van der Waals surface area contributed by atoms with Gasteiger partial charge in [-0.3, -0.25) is 9.52 Å². The third-order valence-corrected chi connectivity index (χ3v) is 6.52. The largest absolute Gasteiger partial charge is 0.494 e. The molecule has 3 rings (SSSR count). The molecule has 0 atom stereocenters. The van der Waals surface area contributed by atoms with E-state index in [-0.39, 0.29) is 22.0 Å². The van der Waals surface area contributed by atoms with E-state index in [1.807, 2.05) is 31.2 Å². The van der Waals surface area contributed by atoms with Crippen LogP contribution in [0.2, 0.25) is 5.02 Å². The zero-order valence-electron chi connectivity index (χ0n) is 18.3. The van der Waals surface area contributed by atoms with Crippen LogP contribution in [0.5, 0.6) is 5.75 Å². The van der Waals surface area contributed by atoms with Crippen LogP contribution in [0.3, 0.4) is 0 Å². The molecule has 0 aromatic heterocycles. The van der Waals surface area contributed by atoms with Gasteiger partial charge in [0.2, 0.25) is 0 Å². The highest BCUT2D eigenvalue weighted by atomic mass is 35.5. The summed E-state index contributed by atoms with van der Waals surface area (Å²) >= 11 is 6.16. The highest BCUT2D eigenvalue weighted by Crippen LogP contribution is 2.26. The van der Waals surface area contributed by atoms with E-state index in [1.54, 1.807) is 31.4 Å². The first-order chi connectivity index (χ1) is 15.8. The number of hydrogen-bond acceptors (Lipinski definition) is 5. The fraction of sp³-hybridized carbons (Fsp3) is 0.208. The monoisotopic (exact) mass is 488 g/mol. The van der Waals surface area contributed by atoms with Gasteiger partial charge in [-0.2, -0.15) is 0 Å². The van der Waals surface area contributed by atoms with Gasteiger partial charge in [-0.1, -0.05) is 35.9 Å². The molecule has 0 fully saturated rings. The Kier molecular flexibility index (Phi) is 8.32. The van der Waals surface area contributed by atoms with E-state index in [0.29, 0.717) is 24.7 Å². The Hall–Kier alpha value is -3.07. The third kappa shape index (κ3) is 6.71. The fourth-order valence-electron chi connectivity index (χ4n) is 3.13. The normalized spacial score (nSPS) is 11.1. The lowest BCUT2D eigenvalue weighted by Crippen LogP contribution is -2.23. The summed E-state index contributed by atoms with van der Waals surface area (Å²) in [6.45, 7) is 3.13. The molecule has 0 radical (unpaired) electrons. The lowest BCUT2D eigenvalue weighted by atomic mass is 10.1. The number of halogens is 1. The van der Waals surface area contributed by atoms with Crippen LogP contribution in [-0.4, -0.2) is 28.0 Å². The molecule has 3 aromatic rings. The van der Waals surface area contributed by atoms with E-state index in [4.69, 9.17) is 21.1 Å². The molecule has 7 nitrogen and oxygen atoms in total. The molecule has 2 N–H and O–H groups in total. The highest BCUT2D eigenvalue weighted by Gasteiger charge is 2.20. The number of carbonyl (C=O) groups excluding carboxylic acids is 1. The lowest BCUT2D eigenvalue weighted by molar-refractivity contribution is 0.0950. The number of ether oxygens (including phenoxy) is 2. The summed E-state index contributed by atoms with van der Waals surface area (Å²) in [7, 11) is -2.40. The van der Waals surface area contributed by atoms with Crippen molar-refractivity contribution in [1.82, 2.24) is 5.32 Å². The van der Waals surface area contributed by atoms with Crippen LogP contribution in [0.1, 0.15) is 28.4 Å². The average molecular weight is 489 g/mol. The SMILES string of the molecule is CCOc1ccc(NS(=O)(=O)c2cc(C(=O)NCc3cccc(COC)c3)ccc2Cl)cc1. The van der Waals surface area contributed by atoms with Crippen molar-refractivity contribution in [1.29, 1.82) is 0 Å². The van der Waals surface area contributed by atoms with Gasteiger partial charge in [-0.25, -0.2) is 8.42 Å². The van der Waals surface area contributed by atoms with Crippen LogP contribution in [-0.2, 0) is 27.9 Å². The molecule has 3 aromatic carbocycles. The molecule has 0 unspecified atom stereocenters. The first-order valence-corrected chi connectivity index (χ1v) is 12.1.